The SMILES string of the molecule is COc1ccc(Cc2c(C3CC3)nc(N)c(C#N)c2-c2cnn(C)c2)cc1.O=CO. The van der Waals surface area contributed by atoms with Crippen molar-refractivity contribution in [3.8, 4) is 22.9 Å². The third kappa shape index (κ3) is 4.41. The zero-order valence-electron chi connectivity index (χ0n) is 16.9. The van der Waals surface area contributed by atoms with E-state index in [0.29, 0.717) is 23.7 Å². The van der Waals surface area contributed by atoms with Gasteiger partial charge in [0.15, 0.2) is 0 Å². The van der Waals surface area contributed by atoms with Crippen LogP contribution in [0.25, 0.3) is 11.1 Å². The standard InChI is InChI=1S/C21H21N5O.CH2O2/c1-26-12-15(11-24-26)19-17(9-13-3-7-16(27-2)8-4-13)20(14-5-6-14)25-21(23)18(19)10-22;2-1-3/h3-4,7-8,11-12,14H,5-6,9H2,1-2H3,(H2,23,25);1H,(H,2,3). The van der Waals surface area contributed by atoms with Gasteiger partial charge in [-0.2, -0.15) is 10.4 Å². The Morgan fingerprint density at radius 1 is 1.37 bits per heavy atom. The first kappa shape index (κ1) is 20.9. The molecule has 3 N–H and O–H groups in total. The Hall–Kier alpha value is -3.86. The number of nitrogens with zero attached hydrogens (tertiary/aromatic N) is 4. The zero-order chi connectivity index (χ0) is 21.7. The van der Waals surface area contributed by atoms with Gasteiger partial charge in [0.05, 0.1) is 19.0 Å². The number of nitrogens with two attached hydrogens (primary N) is 1. The average Bonchev–Trinajstić information content (AvgIpc) is 3.50. The molecule has 0 bridgehead atoms. The molecular weight excluding hydrogens is 382 g/mol. The fourth-order valence-electron chi connectivity index (χ4n) is 3.46. The minimum Gasteiger partial charge on any atom is -0.497 e. The van der Waals surface area contributed by atoms with Crippen molar-refractivity contribution in [2.75, 3.05) is 12.8 Å². The van der Waals surface area contributed by atoms with Crippen molar-refractivity contribution in [1.29, 1.82) is 5.26 Å². The van der Waals surface area contributed by atoms with Gasteiger partial charge in [0.1, 0.15) is 23.2 Å². The smallest absolute Gasteiger partial charge is 0.290 e. The number of hydrogen-bond donors (Lipinski definition) is 2. The molecule has 0 aliphatic heterocycles. The number of pyridine rings is 1. The van der Waals surface area contributed by atoms with Gasteiger partial charge in [-0.05, 0) is 42.5 Å². The summed E-state index contributed by atoms with van der Waals surface area (Å²) in [4.78, 5) is 13.0. The summed E-state index contributed by atoms with van der Waals surface area (Å²) < 4.78 is 6.99. The molecule has 0 atom stereocenters. The molecule has 0 amide bonds. The van der Waals surface area contributed by atoms with E-state index < -0.39 is 0 Å². The first-order chi connectivity index (χ1) is 14.5. The van der Waals surface area contributed by atoms with Crippen LogP contribution in [0.2, 0.25) is 0 Å². The molecule has 8 heteroatoms. The topological polar surface area (TPSA) is 127 Å². The molecule has 0 spiro atoms. The van der Waals surface area contributed by atoms with E-state index in [4.69, 9.17) is 20.4 Å². The predicted octanol–water partition coefficient (Wildman–Crippen LogP) is 3.11. The van der Waals surface area contributed by atoms with Crippen LogP contribution in [-0.2, 0) is 18.3 Å². The quantitative estimate of drug-likeness (QED) is 0.624. The van der Waals surface area contributed by atoms with E-state index in [1.54, 1.807) is 18.0 Å². The van der Waals surface area contributed by atoms with Crippen LogP contribution in [0, 0.1) is 11.3 Å². The van der Waals surface area contributed by atoms with Gasteiger partial charge in [0.25, 0.3) is 6.47 Å². The number of nitrogen functional groups attached to an aromatic ring is 1. The summed E-state index contributed by atoms with van der Waals surface area (Å²) in [6.07, 6.45) is 6.61. The van der Waals surface area contributed by atoms with Crippen molar-refractivity contribution < 1.29 is 14.6 Å². The second-order valence-electron chi connectivity index (χ2n) is 7.03. The lowest BCUT2D eigenvalue weighted by Crippen LogP contribution is -2.08. The Morgan fingerprint density at radius 2 is 2.03 bits per heavy atom. The van der Waals surface area contributed by atoms with Gasteiger partial charge in [-0.1, -0.05) is 12.1 Å². The van der Waals surface area contributed by atoms with Gasteiger partial charge < -0.3 is 15.6 Å². The van der Waals surface area contributed by atoms with Gasteiger partial charge in [-0.15, -0.1) is 0 Å². The van der Waals surface area contributed by atoms with Crippen molar-refractivity contribution in [2.45, 2.75) is 25.2 Å². The molecule has 0 saturated heterocycles. The Morgan fingerprint density at radius 3 is 2.53 bits per heavy atom. The number of ether oxygens (including phenoxy) is 1. The molecule has 0 unspecified atom stereocenters. The molecule has 2 aromatic heterocycles. The van der Waals surface area contributed by atoms with Crippen LogP contribution in [0.5, 0.6) is 5.75 Å². The number of aromatic nitrogens is 3. The van der Waals surface area contributed by atoms with E-state index in [9.17, 15) is 5.26 Å². The largest absolute Gasteiger partial charge is 0.497 e. The molecule has 3 aromatic rings. The molecule has 1 aliphatic rings. The molecule has 8 nitrogen and oxygen atoms in total. The number of nitriles is 1. The Bertz CT molecular complexity index is 1080. The third-order valence-corrected chi connectivity index (χ3v) is 4.97. The predicted molar refractivity (Wildman–Crippen MR) is 112 cm³/mol. The summed E-state index contributed by atoms with van der Waals surface area (Å²) in [5, 5.41) is 20.9. The highest BCUT2D eigenvalue weighted by atomic mass is 16.5. The van der Waals surface area contributed by atoms with Gasteiger partial charge in [0.2, 0.25) is 0 Å². The number of anilines is 1. The number of hydrogen-bond acceptors (Lipinski definition) is 6. The summed E-state index contributed by atoms with van der Waals surface area (Å²) >= 11 is 0. The third-order valence-electron chi connectivity index (χ3n) is 4.97. The Labute approximate surface area is 174 Å². The van der Waals surface area contributed by atoms with Crippen molar-refractivity contribution in [1.82, 2.24) is 14.8 Å². The molecule has 154 valence electrons. The number of methoxy groups -OCH3 is 1. The van der Waals surface area contributed by atoms with Crippen molar-refractivity contribution in [3.05, 3.63) is 59.0 Å². The Balaban J connectivity index is 0.000000806. The highest BCUT2D eigenvalue weighted by molar-refractivity contribution is 5.79. The van der Waals surface area contributed by atoms with Crippen LogP contribution in [-0.4, -0.2) is 33.5 Å². The molecule has 1 aromatic carbocycles. The Kier molecular flexibility index (Phi) is 6.32. The van der Waals surface area contributed by atoms with Crippen LogP contribution < -0.4 is 10.5 Å². The van der Waals surface area contributed by atoms with Crippen LogP contribution in [0.15, 0.2) is 36.7 Å². The summed E-state index contributed by atoms with van der Waals surface area (Å²) in [7, 11) is 3.52. The normalized spacial score (nSPS) is 12.4. The summed E-state index contributed by atoms with van der Waals surface area (Å²) in [5.41, 5.74) is 11.6. The molecule has 1 saturated carbocycles. The lowest BCUT2D eigenvalue weighted by Gasteiger charge is -2.17. The fraction of sp³-hybridized carbons (Fsp3) is 0.273. The number of carbonyl (C=O) groups is 1. The van der Waals surface area contributed by atoms with Crippen LogP contribution in [0.3, 0.4) is 0 Å². The monoisotopic (exact) mass is 405 g/mol. The second-order valence-corrected chi connectivity index (χ2v) is 7.03. The fourth-order valence-corrected chi connectivity index (χ4v) is 3.46. The van der Waals surface area contributed by atoms with E-state index in [1.807, 2.05) is 37.5 Å². The molecule has 1 aliphatic carbocycles. The zero-order valence-corrected chi connectivity index (χ0v) is 16.9. The minimum absolute atomic E-state index is 0.250. The van der Waals surface area contributed by atoms with Gasteiger partial charge >= 0.3 is 0 Å². The molecule has 1 fully saturated rings. The maximum absolute atomic E-state index is 9.76. The summed E-state index contributed by atoms with van der Waals surface area (Å²) in [5.74, 6) is 1.54. The molecule has 30 heavy (non-hydrogen) atoms. The first-order valence-corrected chi connectivity index (χ1v) is 9.44. The average molecular weight is 405 g/mol. The van der Waals surface area contributed by atoms with Gasteiger partial charge in [-0.25, -0.2) is 4.98 Å². The number of benzene rings is 1. The molecule has 4 rings (SSSR count). The summed E-state index contributed by atoms with van der Waals surface area (Å²) in [6.45, 7) is -0.250. The van der Waals surface area contributed by atoms with E-state index in [0.717, 1.165) is 46.5 Å². The maximum atomic E-state index is 9.76. The van der Waals surface area contributed by atoms with E-state index in [1.165, 1.54) is 0 Å². The molecule has 2 heterocycles. The van der Waals surface area contributed by atoms with E-state index in [2.05, 4.69) is 16.2 Å². The number of aryl methyl sites for hydroxylation is 1. The van der Waals surface area contributed by atoms with E-state index >= 15 is 0 Å². The van der Waals surface area contributed by atoms with Crippen molar-refractivity contribution in [3.63, 3.8) is 0 Å². The van der Waals surface area contributed by atoms with Crippen LogP contribution in [0.4, 0.5) is 5.82 Å². The first-order valence-electron chi connectivity index (χ1n) is 9.44. The maximum Gasteiger partial charge on any atom is 0.290 e. The summed E-state index contributed by atoms with van der Waals surface area (Å²) in [6, 6.07) is 10.3. The molecular formula is C22H23N5O3. The highest BCUT2D eigenvalue weighted by Crippen LogP contribution is 2.45. The highest BCUT2D eigenvalue weighted by Gasteiger charge is 2.31. The minimum atomic E-state index is -0.250. The van der Waals surface area contributed by atoms with Crippen LogP contribution >= 0.6 is 0 Å². The van der Waals surface area contributed by atoms with E-state index in [-0.39, 0.29) is 6.47 Å². The van der Waals surface area contributed by atoms with Gasteiger partial charge in [0, 0.05) is 30.3 Å². The molecule has 0 radical (unpaired) electrons. The number of carboxylic acid groups (broad SMARTS) is 1. The second kappa shape index (κ2) is 9.09. The lowest BCUT2D eigenvalue weighted by molar-refractivity contribution is -0.122. The van der Waals surface area contributed by atoms with Crippen LogP contribution in [0.1, 0.15) is 41.1 Å². The lowest BCUT2D eigenvalue weighted by atomic mass is 9.90. The number of rotatable bonds is 5. The van der Waals surface area contributed by atoms with Gasteiger partial charge in [-0.3, -0.25) is 9.48 Å². The van der Waals surface area contributed by atoms with Crippen molar-refractivity contribution in [2.24, 2.45) is 7.05 Å². The van der Waals surface area contributed by atoms with Crippen molar-refractivity contribution >= 4 is 12.3 Å².